The number of fused-ring (bicyclic) bond motifs is 1. The second kappa shape index (κ2) is 7.43. The van der Waals surface area contributed by atoms with Crippen molar-refractivity contribution in [3.8, 4) is 17.2 Å². The molecule has 0 radical (unpaired) electrons. The summed E-state index contributed by atoms with van der Waals surface area (Å²) in [7, 11) is 3.23. The highest BCUT2D eigenvalue weighted by molar-refractivity contribution is 6.01. The van der Waals surface area contributed by atoms with Gasteiger partial charge in [0.05, 0.1) is 26.3 Å². The molecule has 0 aromatic heterocycles. The van der Waals surface area contributed by atoms with Crippen molar-refractivity contribution in [2.45, 2.75) is 25.4 Å². The predicted octanol–water partition coefficient (Wildman–Crippen LogP) is 4.37. The van der Waals surface area contributed by atoms with Crippen molar-refractivity contribution in [2.75, 3.05) is 14.2 Å². The van der Waals surface area contributed by atoms with Gasteiger partial charge in [0, 0.05) is 11.6 Å². The van der Waals surface area contributed by atoms with E-state index in [9.17, 15) is 9.90 Å². The van der Waals surface area contributed by atoms with E-state index < -0.39 is 0 Å². The van der Waals surface area contributed by atoms with Crippen LogP contribution in [0, 0.1) is 0 Å². The van der Waals surface area contributed by atoms with Crippen molar-refractivity contribution in [3.05, 3.63) is 65.7 Å². The Kier molecular flexibility index (Phi) is 4.82. The van der Waals surface area contributed by atoms with Crippen LogP contribution in [-0.4, -0.2) is 36.2 Å². The van der Waals surface area contributed by atoms with Gasteiger partial charge in [-0.2, -0.15) is 0 Å². The molecule has 3 aromatic rings. The van der Waals surface area contributed by atoms with Crippen molar-refractivity contribution in [2.24, 2.45) is 0 Å². The topological polar surface area (TPSA) is 59.0 Å². The van der Waals surface area contributed by atoms with E-state index in [0.29, 0.717) is 23.6 Å². The van der Waals surface area contributed by atoms with Gasteiger partial charge in [-0.1, -0.05) is 24.3 Å². The summed E-state index contributed by atoms with van der Waals surface area (Å²) in [5.74, 6) is 1.26. The summed E-state index contributed by atoms with van der Waals surface area (Å²) in [5.41, 5.74) is 1.20. The van der Waals surface area contributed by atoms with Gasteiger partial charge < -0.3 is 19.5 Å². The first kappa shape index (κ1) is 18.2. The minimum Gasteiger partial charge on any atom is -0.507 e. The highest BCUT2D eigenvalue weighted by Crippen LogP contribution is 2.35. The quantitative estimate of drug-likeness (QED) is 0.693. The zero-order valence-corrected chi connectivity index (χ0v) is 16.0. The highest BCUT2D eigenvalue weighted by Gasteiger charge is 2.34. The van der Waals surface area contributed by atoms with E-state index in [-0.39, 0.29) is 17.7 Å². The number of amides is 1. The van der Waals surface area contributed by atoms with Crippen LogP contribution < -0.4 is 9.47 Å². The van der Waals surface area contributed by atoms with E-state index in [0.717, 1.165) is 29.2 Å². The molecule has 1 aliphatic rings. The summed E-state index contributed by atoms with van der Waals surface area (Å²) < 4.78 is 10.8. The van der Waals surface area contributed by atoms with Gasteiger partial charge in [-0.25, -0.2) is 0 Å². The number of phenolic OH excluding ortho intramolecular Hbond substituents is 1. The van der Waals surface area contributed by atoms with E-state index in [4.69, 9.17) is 9.47 Å². The molecule has 0 spiro atoms. The molecule has 144 valence electrons. The van der Waals surface area contributed by atoms with Crippen LogP contribution in [0.25, 0.3) is 10.8 Å². The SMILES string of the molecule is COc1ccc(OC)c(CN(C(=O)c2cc3ccccc3cc2O)C2CC2)c1. The van der Waals surface area contributed by atoms with Crippen molar-refractivity contribution < 1.29 is 19.4 Å². The van der Waals surface area contributed by atoms with Crippen molar-refractivity contribution in [1.82, 2.24) is 4.90 Å². The minimum atomic E-state index is -0.171. The largest absolute Gasteiger partial charge is 0.507 e. The fraction of sp³-hybridized carbons (Fsp3) is 0.261. The number of methoxy groups -OCH3 is 2. The van der Waals surface area contributed by atoms with E-state index in [2.05, 4.69) is 0 Å². The van der Waals surface area contributed by atoms with Crippen LogP contribution in [0.3, 0.4) is 0 Å². The number of carbonyl (C=O) groups excluding carboxylic acids is 1. The fourth-order valence-electron chi connectivity index (χ4n) is 3.50. The summed E-state index contributed by atoms with van der Waals surface area (Å²) in [6.45, 7) is 0.399. The third-order valence-electron chi connectivity index (χ3n) is 5.17. The highest BCUT2D eigenvalue weighted by atomic mass is 16.5. The third-order valence-corrected chi connectivity index (χ3v) is 5.17. The van der Waals surface area contributed by atoms with Crippen LogP contribution in [0.5, 0.6) is 17.2 Å². The van der Waals surface area contributed by atoms with Crippen LogP contribution >= 0.6 is 0 Å². The fourth-order valence-corrected chi connectivity index (χ4v) is 3.50. The van der Waals surface area contributed by atoms with Gasteiger partial charge in [-0.3, -0.25) is 4.79 Å². The second-order valence-corrected chi connectivity index (χ2v) is 7.06. The van der Waals surface area contributed by atoms with Gasteiger partial charge in [0.25, 0.3) is 5.91 Å². The molecule has 0 heterocycles. The van der Waals surface area contributed by atoms with Gasteiger partial charge in [-0.05, 0) is 53.9 Å². The van der Waals surface area contributed by atoms with E-state index in [1.165, 1.54) is 0 Å². The summed E-state index contributed by atoms with van der Waals surface area (Å²) in [5, 5.41) is 12.3. The summed E-state index contributed by atoms with van der Waals surface area (Å²) >= 11 is 0. The minimum absolute atomic E-state index is 0.00644. The van der Waals surface area contributed by atoms with Gasteiger partial charge in [0.15, 0.2) is 0 Å². The Bertz CT molecular complexity index is 1030. The normalized spacial score (nSPS) is 13.4. The zero-order chi connectivity index (χ0) is 19.7. The molecule has 1 aliphatic carbocycles. The molecule has 1 fully saturated rings. The molecule has 0 saturated heterocycles. The Morgan fingerprint density at radius 1 is 1.04 bits per heavy atom. The lowest BCUT2D eigenvalue weighted by Gasteiger charge is -2.24. The lowest BCUT2D eigenvalue weighted by molar-refractivity contribution is 0.0725. The number of rotatable bonds is 6. The first-order chi connectivity index (χ1) is 13.6. The average molecular weight is 377 g/mol. The molecule has 0 unspecified atom stereocenters. The molecule has 4 rings (SSSR count). The van der Waals surface area contributed by atoms with Gasteiger partial charge >= 0.3 is 0 Å². The third kappa shape index (κ3) is 3.48. The molecule has 0 atom stereocenters. The molecule has 1 N–H and O–H groups in total. The molecule has 28 heavy (non-hydrogen) atoms. The smallest absolute Gasteiger partial charge is 0.258 e. The van der Waals surface area contributed by atoms with E-state index in [1.807, 2.05) is 47.4 Å². The summed E-state index contributed by atoms with van der Waals surface area (Å²) in [6, 6.07) is 16.9. The predicted molar refractivity (Wildman–Crippen MR) is 108 cm³/mol. The van der Waals surface area contributed by atoms with Crippen LogP contribution in [0.15, 0.2) is 54.6 Å². The molecular formula is C23H23NO4. The summed E-state index contributed by atoms with van der Waals surface area (Å²) in [6.07, 6.45) is 1.93. The first-order valence-corrected chi connectivity index (χ1v) is 9.34. The van der Waals surface area contributed by atoms with Gasteiger partial charge in [0.1, 0.15) is 17.2 Å². The van der Waals surface area contributed by atoms with Crippen LogP contribution in [0.2, 0.25) is 0 Å². The van der Waals surface area contributed by atoms with Gasteiger partial charge in [-0.15, -0.1) is 0 Å². The zero-order valence-electron chi connectivity index (χ0n) is 16.0. The number of aromatic hydroxyl groups is 1. The molecule has 0 aliphatic heterocycles. The molecule has 0 bridgehead atoms. The molecule has 5 heteroatoms. The second-order valence-electron chi connectivity index (χ2n) is 7.06. The molecule has 3 aromatic carbocycles. The summed E-state index contributed by atoms with van der Waals surface area (Å²) in [4.78, 5) is 15.2. The van der Waals surface area contributed by atoms with Crippen LogP contribution in [-0.2, 0) is 6.54 Å². The standard InChI is InChI=1S/C23H23NO4/c1-27-19-9-10-22(28-2)17(11-19)14-24(18-7-8-18)23(26)20-12-15-5-3-4-6-16(15)13-21(20)25/h3-6,9-13,18,25H,7-8,14H2,1-2H3. The van der Waals surface area contributed by atoms with E-state index >= 15 is 0 Å². The lowest BCUT2D eigenvalue weighted by atomic mass is 10.0. The Balaban J connectivity index is 1.69. The maximum absolute atomic E-state index is 13.3. The molecule has 5 nitrogen and oxygen atoms in total. The Morgan fingerprint density at radius 2 is 1.75 bits per heavy atom. The maximum atomic E-state index is 13.3. The lowest BCUT2D eigenvalue weighted by Crippen LogP contribution is -2.32. The van der Waals surface area contributed by atoms with E-state index in [1.54, 1.807) is 26.4 Å². The number of ether oxygens (including phenoxy) is 2. The Labute approximate surface area is 164 Å². The molecule has 1 amide bonds. The van der Waals surface area contributed by atoms with Gasteiger partial charge in [0.2, 0.25) is 0 Å². The first-order valence-electron chi connectivity index (χ1n) is 9.34. The number of carbonyl (C=O) groups is 1. The number of benzene rings is 3. The molecular weight excluding hydrogens is 354 g/mol. The Hall–Kier alpha value is -3.21. The number of phenols is 1. The van der Waals surface area contributed by atoms with Crippen molar-refractivity contribution >= 4 is 16.7 Å². The molecule has 1 saturated carbocycles. The number of hydrogen-bond donors (Lipinski definition) is 1. The number of hydrogen-bond acceptors (Lipinski definition) is 4. The monoisotopic (exact) mass is 377 g/mol. The Morgan fingerprint density at radius 3 is 2.39 bits per heavy atom. The number of nitrogens with zero attached hydrogens (tertiary/aromatic N) is 1. The average Bonchev–Trinajstić information content (AvgIpc) is 3.56. The van der Waals surface area contributed by atoms with Crippen molar-refractivity contribution in [3.63, 3.8) is 0 Å². The van der Waals surface area contributed by atoms with Crippen LogP contribution in [0.4, 0.5) is 0 Å². The van der Waals surface area contributed by atoms with Crippen LogP contribution in [0.1, 0.15) is 28.8 Å². The van der Waals surface area contributed by atoms with Crippen molar-refractivity contribution in [1.29, 1.82) is 0 Å². The maximum Gasteiger partial charge on any atom is 0.258 e.